The van der Waals surface area contributed by atoms with Gasteiger partial charge in [-0.15, -0.1) is 0 Å². The fourth-order valence-electron chi connectivity index (χ4n) is 7.64. The van der Waals surface area contributed by atoms with Gasteiger partial charge in [0, 0.05) is 44.0 Å². The summed E-state index contributed by atoms with van der Waals surface area (Å²) in [6.07, 6.45) is -1.59. The average Bonchev–Trinajstić information content (AvgIpc) is 3.77. The molecule has 3 fully saturated rings. The Labute approximate surface area is 293 Å². The van der Waals surface area contributed by atoms with E-state index in [2.05, 4.69) is 19.9 Å². The van der Waals surface area contributed by atoms with Crippen LogP contribution in [0.2, 0.25) is 5.02 Å². The number of imidazole rings is 1. The molecule has 3 aliphatic rings. The maximum Gasteiger partial charge on any atom is 0.418 e. The fraction of sp³-hybridized carbons (Fsp3) is 0.455. The number of alkyl halides is 4. The number of nitrogens with zero attached hydrogens (tertiary/aromatic N) is 9. The standard InChI is InChI=1S/C33H32ClF5N10O2/c1-17-8-23(41)43-28(25(17)33(37,38)39)24-22(34)9-21-27(26(24)36)44-30(51-15-32-4-3-5-48(32)13-19(35)10-32)45-29(21)49-7-6-46(12-18(49)2)31(50)47-14-20(11-40)42-16-47/h8-9,14,16,18-19H,3-7,10,12-13,15H2,1-2H3,(H2,41,43)/t18-,19+,32-/m0/s1. The number of nitriles is 1. The van der Waals surface area contributed by atoms with Gasteiger partial charge in [-0.1, -0.05) is 11.6 Å². The molecule has 0 radical (unpaired) electrons. The molecule has 7 rings (SSSR count). The number of ether oxygens (including phenoxy) is 1. The van der Waals surface area contributed by atoms with Crippen LogP contribution >= 0.6 is 11.6 Å². The van der Waals surface area contributed by atoms with Crippen LogP contribution in [0.5, 0.6) is 6.01 Å². The first kappa shape index (κ1) is 34.6. The molecule has 0 unspecified atom stereocenters. The van der Waals surface area contributed by atoms with Crippen LogP contribution in [-0.4, -0.2) is 97.4 Å². The molecule has 12 nitrogen and oxygen atoms in total. The Hall–Kier alpha value is -4.82. The molecule has 3 aliphatic heterocycles. The summed E-state index contributed by atoms with van der Waals surface area (Å²) in [5, 5.41) is 8.82. The van der Waals surface area contributed by atoms with Crippen molar-refractivity contribution in [2.24, 2.45) is 0 Å². The number of hydrogen-bond donors (Lipinski definition) is 1. The van der Waals surface area contributed by atoms with Crippen LogP contribution in [0.15, 0.2) is 24.7 Å². The minimum atomic E-state index is -4.92. The lowest BCUT2D eigenvalue weighted by Gasteiger charge is -2.40. The summed E-state index contributed by atoms with van der Waals surface area (Å²) in [5.41, 5.74) is 2.07. The zero-order chi connectivity index (χ0) is 36.4. The molecule has 0 bridgehead atoms. The number of benzene rings is 1. The summed E-state index contributed by atoms with van der Waals surface area (Å²) in [6, 6.07) is 3.13. The van der Waals surface area contributed by atoms with E-state index in [1.54, 1.807) is 4.90 Å². The Bertz CT molecular complexity index is 2090. The third kappa shape index (κ3) is 6.13. The van der Waals surface area contributed by atoms with Crippen LogP contribution in [-0.2, 0) is 6.18 Å². The second-order valence-electron chi connectivity index (χ2n) is 13.3. The zero-order valence-electron chi connectivity index (χ0n) is 27.5. The number of fused-ring (bicyclic) bond motifs is 2. The molecule has 4 aromatic rings. The molecule has 6 heterocycles. The Morgan fingerprint density at radius 2 is 1.98 bits per heavy atom. The number of carbonyl (C=O) groups excluding carboxylic acids is 1. The van der Waals surface area contributed by atoms with Crippen LogP contribution in [0.1, 0.15) is 43.0 Å². The van der Waals surface area contributed by atoms with Gasteiger partial charge in [0.15, 0.2) is 11.5 Å². The van der Waals surface area contributed by atoms with E-state index in [4.69, 9.17) is 27.3 Å². The highest BCUT2D eigenvalue weighted by molar-refractivity contribution is 6.34. The average molecular weight is 731 g/mol. The number of halogens is 6. The Kier molecular flexibility index (Phi) is 8.65. The number of pyridine rings is 1. The molecule has 18 heteroatoms. The number of nitrogen functional groups attached to an aromatic ring is 1. The van der Waals surface area contributed by atoms with Gasteiger partial charge in [-0.3, -0.25) is 9.47 Å². The number of aromatic nitrogens is 5. The first-order valence-corrected chi connectivity index (χ1v) is 16.6. The van der Waals surface area contributed by atoms with E-state index in [-0.39, 0.29) is 84.0 Å². The molecule has 3 aromatic heterocycles. The van der Waals surface area contributed by atoms with Crippen molar-refractivity contribution in [3.05, 3.63) is 52.3 Å². The highest BCUT2D eigenvalue weighted by atomic mass is 35.5. The van der Waals surface area contributed by atoms with E-state index >= 15 is 4.39 Å². The third-order valence-electron chi connectivity index (χ3n) is 9.92. The molecule has 1 amide bonds. The van der Waals surface area contributed by atoms with Gasteiger partial charge in [-0.2, -0.15) is 28.4 Å². The lowest BCUT2D eigenvalue weighted by Crippen LogP contribution is -2.54. The molecule has 0 saturated carbocycles. The molecule has 0 spiro atoms. The quantitative estimate of drug-likeness (QED) is 0.258. The van der Waals surface area contributed by atoms with Crippen LogP contribution in [0.25, 0.3) is 22.2 Å². The smallest absolute Gasteiger partial charge is 0.418 e. The van der Waals surface area contributed by atoms with Gasteiger partial charge in [-0.25, -0.2) is 23.5 Å². The topological polar surface area (TPSA) is 142 Å². The second kappa shape index (κ2) is 12.7. The Balaban J connectivity index is 1.32. The van der Waals surface area contributed by atoms with Crippen LogP contribution in [0, 0.1) is 24.1 Å². The van der Waals surface area contributed by atoms with Crippen LogP contribution in [0.4, 0.5) is 38.4 Å². The molecule has 1 aromatic carbocycles. The van der Waals surface area contributed by atoms with Gasteiger partial charge < -0.3 is 20.3 Å². The van der Waals surface area contributed by atoms with Crippen molar-refractivity contribution >= 4 is 40.2 Å². The summed E-state index contributed by atoms with van der Waals surface area (Å²) in [6.45, 7) is 4.59. The number of amides is 1. The zero-order valence-corrected chi connectivity index (χ0v) is 28.3. The van der Waals surface area contributed by atoms with Crippen molar-refractivity contribution in [3.63, 3.8) is 0 Å². The minimum absolute atomic E-state index is 0.0159. The van der Waals surface area contributed by atoms with Gasteiger partial charge >= 0.3 is 18.2 Å². The van der Waals surface area contributed by atoms with E-state index in [0.717, 1.165) is 12.5 Å². The summed E-state index contributed by atoms with van der Waals surface area (Å²) in [5.74, 6) is -1.27. The van der Waals surface area contributed by atoms with Gasteiger partial charge in [0.05, 0.1) is 33.6 Å². The van der Waals surface area contributed by atoms with Crippen molar-refractivity contribution in [1.82, 2.24) is 34.3 Å². The Morgan fingerprint density at radius 3 is 2.69 bits per heavy atom. The molecule has 2 N–H and O–H groups in total. The predicted molar refractivity (Wildman–Crippen MR) is 177 cm³/mol. The number of nitrogens with two attached hydrogens (primary N) is 1. The van der Waals surface area contributed by atoms with Crippen molar-refractivity contribution in [2.45, 2.75) is 57.0 Å². The third-order valence-corrected chi connectivity index (χ3v) is 10.2. The van der Waals surface area contributed by atoms with Crippen molar-refractivity contribution in [3.8, 4) is 23.3 Å². The minimum Gasteiger partial charge on any atom is -0.461 e. The van der Waals surface area contributed by atoms with Crippen molar-refractivity contribution in [2.75, 3.05) is 50.0 Å². The normalized spacial score (nSPS) is 22.4. The molecule has 3 atom stereocenters. The van der Waals surface area contributed by atoms with Gasteiger partial charge in [0.25, 0.3) is 0 Å². The summed E-state index contributed by atoms with van der Waals surface area (Å²) < 4.78 is 81.7. The number of aryl methyl sites for hydroxylation is 1. The molecular weight excluding hydrogens is 699 g/mol. The van der Waals surface area contributed by atoms with Crippen LogP contribution in [0.3, 0.4) is 0 Å². The second-order valence-corrected chi connectivity index (χ2v) is 13.7. The SMILES string of the molecule is Cc1cc(N)nc(-c2c(Cl)cc3c(N4CCN(C(=O)n5cnc(C#N)c5)C[C@@H]4C)nc(OC[C@@]45CCCN4C[C@H](F)C5)nc3c2F)c1C(F)(F)F. The lowest BCUT2D eigenvalue weighted by atomic mass is 9.95. The van der Waals surface area contributed by atoms with Crippen molar-refractivity contribution in [1.29, 1.82) is 5.26 Å². The summed E-state index contributed by atoms with van der Waals surface area (Å²) in [7, 11) is 0. The van der Waals surface area contributed by atoms with E-state index < -0.39 is 52.6 Å². The predicted octanol–water partition coefficient (Wildman–Crippen LogP) is 5.60. The van der Waals surface area contributed by atoms with Gasteiger partial charge in [0.1, 0.15) is 42.3 Å². The monoisotopic (exact) mass is 730 g/mol. The van der Waals surface area contributed by atoms with Crippen LogP contribution < -0.4 is 15.4 Å². The first-order chi connectivity index (χ1) is 24.2. The number of hydrogen-bond acceptors (Lipinski definition) is 10. The summed E-state index contributed by atoms with van der Waals surface area (Å²) in [4.78, 5) is 35.4. The van der Waals surface area contributed by atoms with Crippen molar-refractivity contribution < 1.29 is 31.5 Å². The summed E-state index contributed by atoms with van der Waals surface area (Å²) >= 11 is 6.61. The Morgan fingerprint density at radius 1 is 1.20 bits per heavy atom. The van der Waals surface area contributed by atoms with E-state index in [1.807, 2.05) is 22.8 Å². The van der Waals surface area contributed by atoms with E-state index in [1.165, 1.54) is 30.1 Å². The molecular formula is C33H32ClF5N10O2. The van der Waals surface area contributed by atoms with Gasteiger partial charge in [0.2, 0.25) is 0 Å². The maximum absolute atomic E-state index is 16.8. The van der Waals surface area contributed by atoms with E-state index in [0.29, 0.717) is 13.0 Å². The molecule has 51 heavy (non-hydrogen) atoms. The number of anilines is 2. The number of carbonyl (C=O) groups is 1. The number of rotatable bonds is 5. The molecule has 0 aliphatic carbocycles. The number of piperazine rings is 1. The lowest BCUT2D eigenvalue weighted by molar-refractivity contribution is -0.137. The fourth-order valence-corrected chi connectivity index (χ4v) is 7.92. The maximum atomic E-state index is 16.8. The van der Waals surface area contributed by atoms with Gasteiger partial charge in [-0.05, 0) is 50.9 Å². The van der Waals surface area contributed by atoms with E-state index in [9.17, 15) is 22.4 Å². The first-order valence-electron chi connectivity index (χ1n) is 16.3. The molecule has 3 saturated heterocycles. The highest BCUT2D eigenvalue weighted by Crippen LogP contribution is 2.45. The molecule has 268 valence electrons. The largest absolute Gasteiger partial charge is 0.461 e. The highest BCUT2D eigenvalue weighted by Gasteiger charge is 2.49.